The summed E-state index contributed by atoms with van der Waals surface area (Å²) in [5.74, 6) is 0.276. The van der Waals surface area contributed by atoms with Crippen molar-refractivity contribution < 1.29 is 36.6 Å². The molecule has 15 heteroatoms. The van der Waals surface area contributed by atoms with Gasteiger partial charge in [-0.1, -0.05) is 39.0 Å². The monoisotopic (exact) mass is 683 g/mol. The number of aliphatic hydroxyl groups excluding tert-OH is 1. The number of benzene rings is 2. The number of carbonyl (C=O) groups is 1. The Morgan fingerprint density at radius 3 is 2.35 bits per heavy atom. The number of hydrogen-bond donors (Lipinski definition) is 6. The molecule has 0 aliphatic carbocycles. The summed E-state index contributed by atoms with van der Waals surface area (Å²) in [6.07, 6.45) is 8.31. The van der Waals surface area contributed by atoms with Crippen molar-refractivity contribution in [3.05, 3.63) is 42.5 Å². The average Bonchev–Trinajstić information content (AvgIpc) is 3.01. The summed E-state index contributed by atoms with van der Waals surface area (Å²) in [4.78, 5) is 12.3. The highest BCUT2D eigenvalue weighted by Crippen LogP contribution is 2.29. The van der Waals surface area contributed by atoms with Crippen LogP contribution in [-0.2, 0) is 20.0 Å². The van der Waals surface area contributed by atoms with Gasteiger partial charge in [0.05, 0.1) is 16.8 Å². The number of ether oxygens (including phenoxy) is 1. The molecule has 3 rings (SSSR count). The summed E-state index contributed by atoms with van der Waals surface area (Å²) < 4.78 is 58.5. The molecule has 2 aromatic rings. The normalized spacial score (nSPS) is 15.3. The number of nitrogens with one attached hydrogen (secondary N) is 4. The van der Waals surface area contributed by atoms with Gasteiger partial charge in [-0.2, -0.15) is 4.31 Å². The van der Waals surface area contributed by atoms with Crippen LogP contribution in [0.15, 0.2) is 47.4 Å². The van der Waals surface area contributed by atoms with E-state index in [1.807, 2.05) is 0 Å². The zero-order chi connectivity index (χ0) is 33.6. The molecule has 1 aliphatic heterocycles. The van der Waals surface area contributed by atoms with E-state index in [9.17, 15) is 31.8 Å². The number of sulfonamides is 2. The predicted octanol–water partition coefficient (Wildman–Crippen LogP) is 3.68. The highest BCUT2D eigenvalue weighted by atomic mass is 32.2. The van der Waals surface area contributed by atoms with E-state index in [1.54, 1.807) is 12.1 Å². The van der Waals surface area contributed by atoms with Crippen LogP contribution < -0.4 is 25.4 Å². The van der Waals surface area contributed by atoms with Gasteiger partial charge in [-0.3, -0.25) is 4.72 Å². The fourth-order valence-electron chi connectivity index (χ4n) is 5.09. The van der Waals surface area contributed by atoms with Crippen molar-refractivity contribution in [1.29, 1.82) is 0 Å². The second kappa shape index (κ2) is 18.3. The lowest BCUT2D eigenvalue weighted by Gasteiger charge is -2.31. The molecule has 0 aromatic heterocycles. The first-order valence-electron chi connectivity index (χ1n) is 15.8. The Balaban J connectivity index is 1.34. The summed E-state index contributed by atoms with van der Waals surface area (Å²) in [5.41, 5.74) is 0.502. The SMILES string of the molecule is CCCCCCCCNC(=O)Nc1ccc(S(=O)(=O)N2CCC(CNC[C@H](O)COc3ccc(O)c(NS(C)(=O)=O)c3)CC2)cc1. The lowest BCUT2D eigenvalue weighted by molar-refractivity contribution is 0.104. The molecule has 1 saturated heterocycles. The molecule has 1 heterocycles. The van der Waals surface area contributed by atoms with Gasteiger partial charge in [0.25, 0.3) is 0 Å². The molecule has 0 unspecified atom stereocenters. The van der Waals surface area contributed by atoms with E-state index in [1.165, 1.54) is 60.3 Å². The number of rotatable bonds is 19. The van der Waals surface area contributed by atoms with E-state index in [4.69, 9.17) is 4.74 Å². The molecule has 0 radical (unpaired) electrons. The molecule has 0 spiro atoms. The standard InChI is InChI=1S/C31H49N5O8S2/c1-3-4-5-6-7-8-17-33-31(39)34-25-9-12-28(13-10-25)46(42,43)36-18-15-24(16-19-36)21-32-22-26(37)23-44-27-11-14-30(38)29(20-27)35-45(2,40)41/h9-14,20,24,26,32,35,37-38H,3-8,15-19,21-23H2,1-2H3,(H2,33,34,39)/t26-/m0/s1. The second-order valence-electron chi connectivity index (χ2n) is 11.7. The Hall–Kier alpha value is -3.11. The number of piperidine rings is 1. The van der Waals surface area contributed by atoms with Crippen LogP contribution in [0.4, 0.5) is 16.2 Å². The molecule has 0 saturated carbocycles. The van der Waals surface area contributed by atoms with Gasteiger partial charge in [0.2, 0.25) is 20.0 Å². The number of hydrogen-bond acceptors (Lipinski definition) is 9. The van der Waals surface area contributed by atoms with Crippen LogP contribution in [0.1, 0.15) is 58.3 Å². The zero-order valence-corrected chi connectivity index (χ0v) is 28.3. The number of urea groups is 1. The first-order valence-corrected chi connectivity index (χ1v) is 19.2. The van der Waals surface area contributed by atoms with Crippen molar-refractivity contribution in [3.63, 3.8) is 0 Å². The topological polar surface area (TPSA) is 186 Å². The van der Waals surface area contributed by atoms with E-state index < -0.39 is 26.2 Å². The quantitative estimate of drug-likeness (QED) is 0.0949. The van der Waals surface area contributed by atoms with Crippen LogP contribution in [-0.4, -0.2) is 89.1 Å². The molecule has 2 aromatic carbocycles. The van der Waals surface area contributed by atoms with Gasteiger partial charge in [-0.15, -0.1) is 0 Å². The van der Waals surface area contributed by atoms with Crippen molar-refractivity contribution in [2.75, 3.05) is 55.6 Å². The van der Waals surface area contributed by atoms with Crippen LogP contribution in [0, 0.1) is 5.92 Å². The van der Waals surface area contributed by atoms with Gasteiger partial charge in [-0.05, 0) is 68.1 Å². The first kappa shape index (κ1) is 37.3. The fourth-order valence-corrected chi connectivity index (χ4v) is 7.12. The van der Waals surface area contributed by atoms with Crippen LogP contribution in [0.5, 0.6) is 11.5 Å². The number of nitrogens with zero attached hydrogens (tertiary/aromatic N) is 1. The first-order chi connectivity index (χ1) is 21.9. The van der Waals surface area contributed by atoms with Gasteiger partial charge in [0.15, 0.2) is 0 Å². The van der Waals surface area contributed by atoms with E-state index in [-0.39, 0.29) is 47.2 Å². The third-order valence-corrected chi connectivity index (χ3v) is 10.2. The van der Waals surface area contributed by atoms with Crippen molar-refractivity contribution in [2.45, 2.75) is 69.3 Å². The molecule has 1 fully saturated rings. The van der Waals surface area contributed by atoms with Gasteiger partial charge in [-0.25, -0.2) is 21.6 Å². The number of aliphatic hydroxyl groups is 1. The average molecular weight is 684 g/mol. The third-order valence-electron chi connectivity index (χ3n) is 7.66. The zero-order valence-electron chi connectivity index (χ0n) is 26.7. The molecular formula is C31H49N5O8S2. The number of phenolic OH excluding ortho intramolecular Hbond substituents is 1. The Morgan fingerprint density at radius 2 is 1.67 bits per heavy atom. The molecule has 46 heavy (non-hydrogen) atoms. The highest BCUT2D eigenvalue weighted by Gasteiger charge is 2.29. The lowest BCUT2D eigenvalue weighted by atomic mass is 9.98. The summed E-state index contributed by atoms with van der Waals surface area (Å²) >= 11 is 0. The minimum absolute atomic E-state index is 0.0200. The number of anilines is 2. The van der Waals surface area contributed by atoms with E-state index in [0.717, 1.165) is 19.1 Å². The minimum Gasteiger partial charge on any atom is -0.506 e. The summed E-state index contributed by atoms with van der Waals surface area (Å²) in [7, 11) is -7.25. The molecule has 0 bridgehead atoms. The Bertz CT molecular complexity index is 1450. The summed E-state index contributed by atoms with van der Waals surface area (Å²) in [6, 6.07) is 9.99. The van der Waals surface area contributed by atoms with Gasteiger partial charge in [0, 0.05) is 37.9 Å². The largest absolute Gasteiger partial charge is 0.506 e. The molecular weight excluding hydrogens is 635 g/mol. The molecule has 1 atom stereocenters. The van der Waals surface area contributed by atoms with Crippen LogP contribution in [0.2, 0.25) is 0 Å². The van der Waals surface area contributed by atoms with Crippen molar-refractivity contribution in [1.82, 2.24) is 14.9 Å². The molecule has 13 nitrogen and oxygen atoms in total. The maximum Gasteiger partial charge on any atom is 0.319 e. The van der Waals surface area contributed by atoms with Crippen molar-refractivity contribution >= 4 is 37.5 Å². The van der Waals surface area contributed by atoms with E-state index in [2.05, 4.69) is 27.6 Å². The lowest BCUT2D eigenvalue weighted by Crippen LogP contribution is -2.42. The van der Waals surface area contributed by atoms with Crippen LogP contribution in [0.25, 0.3) is 0 Å². The molecule has 6 N–H and O–H groups in total. The van der Waals surface area contributed by atoms with Crippen LogP contribution >= 0.6 is 0 Å². The maximum absolute atomic E-state index is 13.2. The van der Waals surface area contributed by atoms with Gasteiger partial charge in [0.1, 0.15) is 24.2 Å². The molecule has 258 valence electrons. The Kier molecular flexibility index (Phi) is 14.8. The number of unbranched alkanes of at least 4 members (excludes halogenated alkanes) is 5. The fraction of sp³-hybridized carbons (Fsp3) is 0.581. The Morgan fingerprint density at radius 1 is 1.00 bits per heavy atom. The number of aromatic hydroxyl groups is 1. The predicted molar refractivity (Wildman–Crippen MR) is 179 cm³/mol. The van der Waals surface area contributed by atoms with Gasteiger partial charge < -0.3 is 30.9 Å². The number of phenols is 1. The van der Waals surface area contributed by atoms with Crippen molar-refractivity contribution in [2.24, 2.45) is 5.92 Å². The molecule has 1 aliphatic rings. The highest BCUT2D eigenvalue weighted by molar-refractivity contribution is 7.92. The minimum atomic E-state index is -3.67. The number of amides is 2. The Labute approximate surface area is 273 Å². The summed E-state index contributed by atoms with van der Waals surface area (Å²) in [6.45, 7) is 4.35. The summed E-state index contributed by atoms with van der Waals surface area (Å²) in [5, 5.41) is 28.9. The third kappa shape index (κ3) is 12.9. The van der Waals surface area contributed by atoms with E-state index >= 15 is 0 Å². The van der Waals surface area contributed by atoms with E-state index in [0.29, 0.717) is 44.7 Å². The second-order valence-corrected chi connectivity index (χ2v) is 15.4. The van der Waals surface area contributed by atoms with Gasteiger partial charge >= 0.3 is 6.03 Å². The smallest absolute Gasteiger partial charge is 0.319 e. The number of carbonyl (C=O) groups excluding carboxylic acids is 1. The van der Waals surface area contributed by atoms with Crippen LogP contribution in [0.3, 0.4) is 0 Å². The van der Waals surface area contributed by atoms with Crippen molar-refractivity contribution in [3.8, 4) is 11.5 Å². The molecule has 2 amide bonds. The maximum atomic E-state index is 13.2.